The minimum atomic E-state index is -0.746. The van der Waals surface area contributed by atoms with Crippen molar-refractivity contribution in [3.8, 4) is 5.75 Å². The number of hydrogen-bond donors (Lipinski definition) is 1. The topological polar surface area (TPSA) is 51.2 Å². The van der Waals surface area contributed by atoms with Gasteiger partial charge in [0.1, 0.15) is 0 Å². The number of nitrogens with one attached hydrogen (secondary N) is 1. The van der Waals surface area contributed by atoms with E-state index < -0.39 is 17.7 Å². The Labute approximate surface area is 108 Å². The normalized spacial score (nSPS) is 10.1. The molecule has 0 radical (unpaired) electrons. The summed E-state index contributed by atoms with van der Waals surface area (Å²) in [5.41, 5.74) is 0.469. The number of rotatable bonds is 3. The average Bonchev–Trinajstić information content (AvgIpc) is 2.41. The first-order chi connectivity index (χ1) is 9.10. The second kappa shape index (κ2) is 5.43. The summed E-state index contributed by atoms with van der Waals surface area (Å²) < 4.78 is 30.9. The summed E-state index contributed by atoms with van der Waals surface area (Å²) >= 11 is 0. The highest BCUT2D eigenvalue weighted by Crippen LogP contribution is 2.21. The van der Waals surface area contributed by atoms with E-state index in [-0.39, 0.29) is 11.3 Å². The van der Waals surface area contributed by atoms with Gasteiger partial charge < -0.3 is 10.1 Å². The van der Waals surface area contributed by atoms with E-state index in [1.165, 1.54) is 37.6 Å². The number of amides is 1. The van der Waals surface area contributed by atoms with Crippen molar-refractivity contribution in [1.29, 1.82) is 0 Å². The zero-order valence-electron chi connectivity index (χ0n) is 9.98. The molecule has 4 nitrogen and oxygen atoms in total. The van der Waals surface area contributed by atoms with Crippen molar-refractivity contribution < 1.29 is 18.3 Å². The van der Waals surface area contributed by atoms with Crippen LogP contribution in [0.25, 0.3) is 0 Å². The van der Waals surface area contributed by atoms with Crippen LogP contribution < -0.4 is 10.1 Å². The van der Waals surface area contributed by atoms with Crippen molar-refractivity contribution in [2.24, 2.45) is 0 Å². The highest BCUT2D eigenvalue weighted by atomic mass is 19.1. The van der Waals surface area contributed by atoms with Crippen molar-refractivity contribution in [3.05, 3.63) is 53.9 Å². The fourth-order valence-electron chi connectivity index (χ4n) is 1.48. The first-order valence-corrected chi connectivity index (χ1v) is 5.36. The average molecular weight is 264 g/mol. The molecule has 1 aromatic carbocycles. The van der Waals surface area contributed by atoms with Gasteiger partial charge in [-0.25, -0.2) is 9.37 Å². The zero-order valence-corrected chi connectivity index (χ0v) is 9.98. The molecule has 1 heterocycles. The number of methoxy groups -OCH3 is 1. The number of carbonyl (C=O) groups excluding carboxylic acids is 1. The minimum Gasteiger partial charge on any atom is -0.494 e. The highest BCUT2D eigenvalue weighted by Gasteiger charge is 2.09. The van der Waals surface area contributed by atoms with Gasteiger partial charge in [-0.3, -0.25) is 4.79 Å². The molecule has 0 aliphatic carbocycles. The summed E-state index contributed by atoms with van der Waals surface area (Å²) in [6.45, 7) is 0. The fourth-order valence-corrected chi connectivity index (χ4v) is 1.48. The number of hydrogen-bond acceptors (Lipinski definition) is 3. The molecule has 6 heteroatoms. The van der Waals surface area contributed by atoms with Crippen LogP contribution in [0.2, 0.25) is 0 Å². The van der Waals surface area contributed by atoms with Gasteiger partial charge in [0.15, 0.2) is 11.6 Å². The van der Waals surface area contributed by atoms with Crippen LogP contribution in [0.5, 0.6) is 5.75 Å². The Morgan fingerprint density at radius 1 is 1.26 bits per heavy atom. The number of nitrogens with zero attached hydrogens (tertiary/aromatic N) is 1. The van der Waals surface area contributed by atoms with E-state index in [9.17, 15) is 13.6 Å². The van der Waals surface area contributed by atoms with Crippen molar-refractivity contribution in [2.75, 3.05) is 12.4 Å². The van der Waals surface area contributed by atoms with E-state index in [0.29, 0.717) is 5.69 Å². The van der Waals surface area contributed by atoms with Crippen LogP contribution in [-0.4, -0.2) is 18.0 Å². The van der Waals surface area contributed by atoms with Crippen LogP contribution >= 0.6 is 0 Å². The van der Waals surface area contributed by atoms with Crippen LogP contribution in [0.3, 0.4) is 0 Å². The third-order valence-corrected chi connectivity index (χ3v) is 2.40. The molecule has 0 spiro atoms. The van der Waals surface area contributed by atoms with Gasteiger partial charge in [0.2, 0.25) is 5.95 Å². The molecule has 0 aliphatic rings. The van der Waals surface area contributed by atoms with Gasteiger partial charge in [-0.1, -0.05) is 0 Å². The van der Waals surface area contributed by atoms with E-state index in [4.69, 9.17) is 4.74 Å². The molecule has 0 saturated heterocycles. The van der Waals surface area contributed by atoms with E-state index in [1.807, 2.05) is 0 Å². The molecule has 19 heavy (non-hydrogen) atoms. The minimum absolute atomic E-state index is 0.0127. The number of anilines is 1. The Morgan fingerprint density at radius 2 is 2.05 bits per heavy atom. The zero-order chi connectivity index (χ0) is 13.8. The molecule has 0 fully saturated rings. The van der Waals surface area contributed by atoms with Gasteiger partial charge in [0.25, 0.3) is 5.91 Å². The molecule has 1 amide bonds. The van der Waals surface area contributed by atoms with Crippen LogP contribution in [0, 0.1) is 11.8 Å². The van der Waals surface area contributed by atoms with E-state index in [0.717, 1.165) is 6.07 Å². The predicted octanol–water partition coefficient (Wildman–Crippen LogP) is 2.62. The lowest BCUT2D eigenvalue weighted by Crippen LogP contribution is -2.12. The molecule has 0 bridgehead atoms. The maximum atomic E-state index is 13.2. The number of halogens is 2. The van der Waals surface area contributed by atoms with Crippen LogP contribution in [0.4, 0.5) is 14.5 Å². The Balaban J connectivity index is 2.19. The van der Waals surface area contributed by atoms with Gasteiger partial charge in [-0.15, -0.1) is 0 Å². The Bertz CT molecular complexity index is 617. The Morgan fingerprint density at radius 3 is 2.74 bits per heavy atom. The molecule has 0 unspecified atom stereocenters. The number of ether oxygens (including phenoxy) is 1. The standard InChI is InChI=1S/C13H10F2N2O2/c1-19-11-7-9(2-3-10(11)14)17-13(18)8-4-5-16-12(15)6-8/h2-7H,1H3,(H,17,18). The molecule has 0 atom stereocenters. The van der Waals surface area contributed by atoms with E-state index >= 15 is 0 Å². The second-order valence-electron chi connectivity index (χ2n) is 3.67. The van der Waals surface area contributed by atoms with E-state index in [2.05, 4.69) is 10.3 Å². The first kappa shape index (κ1) is 12.9. The van der Waals surface area contributed by atoms with Crippen molar-refractivity contribution in [3.63, 3.8) is 0 Å². The number of carbonyl (C=O) groups is 1. The third-order valence-electron chi connectivity index (χ3n) is 2.40. The summed E-state index contributed by atoms with van der Waals surface area (Å²) in [5, 5.41) is 2.51. The lowest BCUT2D eigenvalue weighted by Gasteiger charge is -2.07. The number of pyridine rings is 1. The molecule has 1 aromatic heterocycles. The Kier molecular flexibility index (Phi) is 3.70. The molecule has 0 saturated carbocycles. The molecule has 2 aromatic rings. The molecule has 0 aliphatic heterocycles. The second-order valence-corrected chi connectivity index (χ2v) is 3.67. The quantitative estimate of drug-likeness (QED) is 0.867. The fraction of sp³-hybridized carbons (Fsp3) is 0.0769. The lowest BCUT2D eigenvalue weighted by molar-refractivity contribution is 0.102. The SMILES string of the molecule is COc1cc(NC(=O)c2ccnc(F)c2)ccc1F. The van der Waals surface area contributed by atoms with Crippen molar-refractivity contribution in [2.45, 2.75) is 0 Å². The van der Waals surface area contributed by atoms with Crippen molar-refractivity contribution in [1.82, 2.24) is 4.98 Å². The van der Waals surface area contributed by atoms with Gasteiger partial charge in [-0.2, -0.15) is 4.39 Å². The number of benzene rings is 1. The van der Waals surface area contributed by atoms with Gasteiger partial charge in [-0.05, 0) is 18.2 Å². The predicted molar refractivity (Wildman–Crippen MR) is 65.1 cm³/mol. The maximum Gasteiger partial charge on any atom is 0.255 e. The monoisotopic (exact) mass is 264 g/mol. The summed E-state index contributed by atoms with van der Waals surface area (Å²) in [6, 6.07) is 6.27. The summed E-state index contributed by atoms with van der Waals surface area (Å²) in [4.78, 5) is 15.2. The highest BCUT2D eigenvalue weighted by molar-refractivity contribution is 6.04. The summed E-state index contributed by atoms with van der Waals surface area (Å²) in [5.74, 6) is -1.78. The number of aromatic nitrogens is 1. The first-order valence-electron chi connectivity index (χ1n) is 5.36. The molecule has 98 valence electrons. The molecule has 1 N–H and O–H groups in total. The summed E-state index contributed by atoms with van der Waals surface area (Å²) in [6.07, 6.45) is 1.19. The Hall–Kier alpha value is -2.50. The largest absolute Gasteiger partial charge is 0.494 e. The molecular formula is C13H10F2N2O2. The third kappa shape index (κ3) is 3.04. The van der Waals surface area contributed by atoms with Gasteiger partial charge in [0.05, 0.1) is 7.11 Å². The van der Waals surface area contributed by atoms with Crippen LogP contribution in [0.1, 0.15) is 10.4 Å². The molecule has 2 rings (SSSR count). The van der Waals surface area contributed by atoms with Crippen LogP contribution in [0.15, 0.2) is 36.5 Å². The van der Waals surface area contributed by atoms with Gasteiger partial charge >= 0.3 is 0 Å². The van der Waals surface area contributed by atoms with Crippen LogP contribution in [-0.2, 0) is 0 Å². The van der Waals surface area contributed by atoms with Crippen molar-refractivity contribution >= 4 is 11.6 Å². The lowest BCUT2D eigenvalue weighted by atomic mass is 10.2. The van der Waals surface area contributed by atoms with Gasteiger partial charge in [0, 0.05) is 29.6 Å². The summed E-state index contributed by atoms with van der Waals surface area (Å²) in [7, 11) is 1.32. The smallest absolute Gasteiger partial charge is 0.255 e. The molecular weight excluding hydrogens is 254 g/mol. The maximum absolute atomic E-state index is 13.2. The van der Waals surface area contributed by atoms with E-state index in [1.54, 1.807) is 0 Å².